The second kappa shape index (κ2) is 19.3. The Morgan fingerprint density at radius 1 is 0.672 bits per heavy atom. The molecule has 19 heteroatoms. The number of aliphatic hydroxyl groups is 2. The van der Waals surface area contributed by atoms with Crippen molar-refractivity contribution < 1.29 is 43.7 Å². The predicted molar refractivity (Wildman–Crippen MR) is 254 cm³/mol. The molecule has 4 saturated heterocycles. The third kappa shape index (κ3) is 11.1. The number of rotatable bonds is 8. The number of ether oxygens (including phenoxy) is 2. The van der Waals surface area contributed by atoms with E-state index in [2.05, 4.69) is 25.9 Å². The Balaban J connectivity index is 0.000000200. The van der Waals surface area contributed by atoms with Crippen molar-refractivity contribution in [3.63, 3.8) is 0 Å². The fraction of sp³-hybridized carbons (Fsp3) is 0.521. The second-order valence-electron chi connectivity index (χ2n) is 19.9. The summed E-state index contributed by atoms with van der Waals surface area (Å²) < 4.78 is 10.9. The number of aliphatic hydroxyl groups excluding tert-OH is 2. The minimum atomic E-state index is -0.859. The average Bonchev–Trinajstić information content (AvgIpc) is 4.03. The maximum atomic E-state index is 13.4. The van der Waals surface area contributed by atoms with Crippen LogP contribution >= 0.6 is 22.7 Å². The van der Waals surface area contributed by atoms with Gasteiger partial charge in [0, 0.05) is 45.9 Å². The van der Waals surface area contributed by atoms with E-state index in [4.69, 9.17) is 9.47 Å². The zero-order chi connectivity index (χ0) is 48.6. The van der Waals surface area contributed by atoms with Crippen molar-refractivity contribution in [2.75, 3.05) is 39.3 Å². The summed E-state index contributed by atoms with van der Waals surface area (Å²) in [6, 6.07) is 14.4. The van der Waals surface area contributed by atoms with Gasteiger partial charge >= 0.3 is 12.2 Å². The fourth-order valence-electron chi connectivity index (χ4n) is 8.75. The van der Waals surface area contributed by atoms with Gasteiger partial charge in [0.2, 0.25) is 17.7 Å². The second-order valence-corrected chi connectivity index (χ2v) is 21.6. The lowest BCUT2D eigenvalue weighted by atomic mass is 9.81. The largest absolute Gasteiger partial charge is 0.444 e. The predicted octanol–water partition coefficient (Wildman–Crippen LogP) is 5.07. The Kier molecular flexibility index (Phi) is 14.2. The quantitative estimate of drug-likeness (QED) is 0.157. The molecule has 4 fully saturated rings. The first kappa shape index (κ1) is 49.4. The molecule has 2 aromatic heterocycles. The molecule has 2 aromatic carbocycles. The molecule has 4 aliphatic rings. The van der Waals surface area contributed by atoms with Crippen molar-refractivity contribution in [2.24, 2.45) is 0 Å². The van der Waals surface area contributed by atoms with Crippen molar-refractivity contribution in [3.05, 3.63) is 82.1 Å². The van der Waals surface area contributed by atoms with Gasteiger partial charge in [0.15, 0.2) is 0 Å². The van der Waals surface area contributed by atoms with Crippen LogP contribution < -0.4 is 16.0 Å². The summed E-state index contributed by atoms with van der Waals surface area (Å²) in [5.41, 5.74) is 6.87. The molecule has 0 unspecified atom stereocenters. The van der Waals surface area contributed by atoms with E-state index >= 15 is 0 Å². The lowest BCUT2D eigenvalue weighted by Gasteiger charge is -2.51. The molecule has 5 amide bonds. The van der Waals surface area contributed by atoms with E-state index in [0.717, 1.165) is 43.4 Å². The van der Waals surface area contributed by atoms with Crippen molar-refractivity contribution in [2.45, 2.75) is 122 Å². The monoisotopic (exact) mass is 958 g/mol. The summed E-state index contributed by atoms with van der Waals surface area (Å²) in [4.78, 5) is 79.1. The van der Waals surface area contributed by atoms with Crippen LogP contribution in [0.25, 0.3) is 20.9 Å². The number of thiazole rings is 2. The number of carbonyl (C=O) groups is 5. The van der Waals surface area contributed by atoms with Gasteiger partial charge < -0.3 is 40.5 Å². The summed E-state index contributed by atoms with van der Waals surface area (Å²) >= 11 is 3.17. The van der Waals surface area contributed by atoms with Gasteiger partial charge in [-0.15, -0.1) is 22.7 Å². The normalized spacial score (nSPS) is 21.9. The van der Waals surface area contributed by atoms with Crippen LogP contribution in [0.4, 0.5) is 9.59 Å². The summed E-state index contributed by atoms with van der Waals surface area (Å²) in [6.07, 6.45) is -2.47. The van der Waals surface area contributed by atoms with Crippen LogP contribution in [0.3, 0.4) is 0 Å². The summed E-state index contributed by atoms with van der Waals surface area (Å²) in [5, 5.41) is 29.9. The molecule has 0 spiro atoms. The smallest absolute Gasteiger partial charge is 0.411 e. The van der Waals surface area contributed by atoms with Crippen molar-refractivity contribution >= 4 is 52.6 Å². The van der Waals surface area contributed by atoms with Crippen LogP contribution in [0.1, 0.15) is 83.8 Å². The van der Waals surface area contributed by atoms with E-state index in [1.54, 1.807) is 69.1 Å². The third-order valence-electron chi connectivity index (χ3n) is 12.3. The number of aromatic nitrogens is 2. The van der Waals surface area contributed by atoms with Crippen LogP contribution in [-0.4, -0.2) is 140 Å². The molecule has 0 aliphatic carbocycles. The highest BCUT2D eigenvalue weighted by molar-refractivity contribution is 7.13. The number of nitrogens with one attached hydrogen (secondary N) is 3. The molecule has 8 rings (SSSR count). The van der Waals surface area contributed by atoms with E-state index in [1.807, 2.05) is 73.4 Å². The van der Waals surface area contributed by atoms with Crippen LogP contribution in [0, 0.1) is 13.8 Å². The number of amides is 5. The highest BCUT2D eigenvalue weighted by Crippen LogP contribution is 2.37. The van der Waals surface area contributed by atoms with Crippen molar-refractivity contribution in [1.82, 2.24) is 40.6 Å². The lowest BCUT2D eigenvalue weighted by molar-refractivity contribution is -0.142. The van der Waals surface area contributed by atoms with Gasteiger partial charge in [-0.25, -0.2) is 19.6 Å². The maximum absolute atomic E-state index is 13.4. The van der Waals surface area contributed by atoms with E-state index in [-0.39, 0.29) is 43.7 Å². The van der Waals surface area contributed by atoms with Gasteiger partial charge in [-0.05, 0) is 77.6 Å². The van der Waals surface area contributed by atoms with Gasteiger partial charge in [0.05, 0.1) is 63.0 Å². The number of nitrogens with zero attached hydrogens (tertiary/aromatic N) is 5. The number of aryl methyl sites for hydroxylation is 2. The topological polar surface area (TPSA) is 216 Å². The van der Waals surface area contributed by atoms with Gasteiger partial charge in [-0.1, -0.05) is 48.5 Å². The van der Waals surface area contributed by atoms with Gasteiger partial charge in [-0.2, -0.15) is 0 Å². The number of hydrogen-bond acceptors (Lipinski definition) is 14. The molecule has 5 N–H and O–H groups in total. The molecular weight excluding hydrogens is 897 g/mol. The van der Waals surface area contributed by atoms with Crippen LogP contribution in [0.15, 0.2) is 59.6 Å². The SMILES string of the molecule is CC(=O)N1CC(NC(=O)[C@@H]2C[C@@H](O)CN2C(=O)OC(C)(C)C)(c2ccc(-c3scnc3C)cc2)C1.Cc1ncsc1-c1ccc(C2(NC(=O)[C@@H]3C[C@@H](O)CN3C(=O)OC(C)(C)C)CNC2)cc1. The minimum absolute atomic E-state index is 0.0302. The van der Waals surface area contributed by atoms with Crippen LogP contribution in [0.5, 0.6) is 0 Å². The maximum Gasteiger partial charge on any atom is 0.411 e. The molecule has 4 aromatic rings. The summed E-state index contributed by atoms with van der Waals surface area (Å²) in [5.74, 6) is -0.729. The number of carbonyl (C=O) groups excluding carboxylic acids is 5. The molecule has 17 nitrogen and oxygen atoms in total. The standard InChI is InChI=1S/C25H32N4O5S.C23H30N4O4S/c1-15-21(35-14-26-15)17-6-8-18(9-7-17)25(12-28(13-25)16(2)30)27-22(32)20-10-19(31)11-29(20)23(33)34-24(3,4)5;1-14-19(32-13-25-14)15-5-7-16(8-6-15)23(11-24-12-23)26-20(29)18-9-17(28)10-27(18)21(30)31-22(2,3)4/h6-9,14,19-20,31H,10-13H2,1-5H3,(H,27,32);5-8,13,17-18,24,28H,9-12H2,1-4H3,(H,26,29)/t19-,20+;17-,18+/m11/s1. The highest BCUT2D eigenvalue weighted by Gasteiger charge is 2.50. The zero-order valence-corrected chi connectivity index (χ0v) is 41.2. The molecule has 360 valence electrons. The van der Waals surface area contributed by atoms with Gasteiger partial charge in [0.25, 0.3) is 0 Å². The first-order valence-corrected chi connectivity index (χ1v) is 24.2. The Hall–Kier alpha value is -5.47. The Labute approximate surface area is 399 Å². The zero-order valence-electron chi connectivity index (χ0n) is 39.5. The van der Waals surface area contributed by atoms with Gasteiger partial charge in [0.1, 0.15) is 28.8 Å². The Bertz CT molecular complexity index is 2450. The Morgan fingerprint density at radius 3 is 1.39 bits per heavy atom. The summed E-state index contributed by atoms with van der Waals surface area (Å²) in [6.45, 7) is 18.0. The number of β-amino-alcohol motifs (C(OH)–C–C–N with tert-alkyl or cyclic N) is 2. The number of hydrogen-bond donors (Lipinski definition) is 5. The number of benzene rings is 2. The third-order valence-corrected chi connectivity index (χ3v) is 14.2. The van der Waals surface area contributed by atoms with E-state index < -0.39 is 58.8 Å². The highest BCUT2D eigenvalue weighted by atomic mass is 32.1. The van der Waals surface area contributed by atoms with E-state index in [0.29, 0.717) is 26.2 Å². The molecule has 4 atom stereocenters. The molecular formula is C48H62N8O9S2. The molecule has 67 heavy (non-hydrogen) atoms. The number of likely N-dealkylation sites (tertiary alicyclic amines) is 3. The Morgan fingerprint density at radius 2 is 1.06 bits per heavy atom. The fourth-order valence-corrected chi connectivity index (χ4v) is 10.4. The molecule has 4 aliphatic heterocycles. The molecule has 6 heterocycles. The molecule has 0 saturated carbocycles. The minimum Gasteiger partial charge on any atom is -0.444 e. The lowest BCUT2D eigenvalue weighted by Crippen LogP contribution is -2.70. The van der Waals surface area contributed by atoms with Gasteiger partial charge in [-0.3, -0.25) is 24.2 Å². The average molecular weight is 959 g/mol. The summed E-state index contributed by atoms with van der Waals surface area (Å²) in [7, 11) is 0. The molecule has 0 radical (unpaired) electrons. The first-order chi connectivity index (χ1) is 31.5. The van der Waals surface area contributed by atoms with Crippen LogP contribution in [-0.2, 0) is 34.9 Å². The van der Waals surface area contributed by atoms with E-state index in [9.17, 15) is 34.2 Å². The van der Waals surface area contributed by atoms with E-state index in [1.165, 1.54) is 16.7 Å². The molecule has 0 bridgehead atoms. The van der Waals surface area contributed by atoms with Crippen molar-refractivity contribution in [1.29, 1.82) is 0 Å². The first-order valence-electron chi connectivity index (χ1n) is 22.4. The van der Waals surface area contributed by atoms with Crippen molar-refractivity contribution in [3.8, 4) is 20.9 Å². The van der Waals surface area contributed by atoms with Crippen LogP contribution in [0.2, 0.25) is 0 Å².